The zero-order valence-electron chi connectivity index (χ0n) is 24.7. The van der Waals surface area contributed by atoms with Crippen molar-refractivity contribution in [2.45, 2.75) is 50.0 Å². The molecule has 3 aliphatic heterocycles. The maximum absolute atomic E-state index is 13.3. The Balaban J connectivity index is 1.06. The molecule has 0 aliphatic carbocycles. The first kappa shape index (κ1) is 31.6. The van der Waals surface area contributed by atoms with Gasteiger partial charge in [0.25, 0.3) is 11.5 Å². The van der Waals surface area contributed by atoms with E-state index < -0.39 is 53.6 Å². The van der Waals surface area contributed by atoms with Crippen LogP contribution >= 0.6 is 11.8 Å². The molecule has 0 spiro atoms. The van der Waals surface area contributed by atoms with E-state index >= 15 is 0 Å². The molecular formula is C25H33N13O7S. The second kappa shape index (κ2) is 12.1. The van der Waals surface area contributed by atoms with E-state index in [2.05, 4.69) is 40.7 Å². The number of aromatic amines is 1. The minimum absolute atomic E-state index is 0.0113. The lowest BCUT2D eigenvalue weighted by Crippen LogP contribution is -2.62. The summed E-state index contributed by atoms with van der Waals surface area (Å²) in [5.74, 6) is -0.924. The number of ether oxygens (including phenoxy) is 1. The number of nitrogen functional groups attached to an aromatic ring is 2. The third-order valence-corrected chi connectivity index (χ3v) is 9.03. The molecule has 2 fully saturated rings. The first-order valence-corrected chi connectivity index (χ1v) is 15.3. The number of amides is 1. The topological polar surface area (TPSA) is 288 Å². The van der Waals surface area contributed by atoms with E-state index in [1.54, 1.807) is 18.7 Å². The van der Waals surface area contributed by atoms with Crippen LogP contribution in [0.4, 0.5) is 23.3 Å². The van der Waals surface area contributed by atoms with Gasteiger partial charge in [0.2, 0.25) is 5.95 Å². The van der Waals surface area contributed by atoms with Crippen molar-refractivity contribution in [3.8, 4) is 0 Å². The second-order valence-corrected chi connectivity index (χ2v) is 12.5. The van der Waals surface area contributed by atoms with Crippen LogP contribution in [0.25, 0.3) is 11.2 Å². The number of anilines is 3. The Morgan fingerprint density at radius 2 is 1.98 bits per heavy atom. The lowest BCUT2D eigenvalue weighted by molar-refractivity contribution is -0.147. The number of hydrogen-bond donors (Lipinski definition) is 8. The van der Waals surface area contributed by atoms with Crippen LogP contribution in [0.2, 0.25) is 0 Å². The highest BCUT2D eigenvalue weighted by molar-refractivity contribution is 7.99. The van der Waals surface area contributed by atoms with Crippen molar-refractivity contribution in [2.75, 3.05) is 48.0 Å². The molecule has 6 rings (SSSR count). The molecule has 246 valence electrons. The van der Waals surface area contributed by atoms with Crippen LogP contribution in [0.5, 0.6) is 0 Å². The number of aliphatic imine (C=N–C) groups is 1. The molecule has 2 unspecified atom stereocenters. The Morgan fingerprint density at radius 1 is 1.20 bits per heavy atom. The minimum atomic E-state index is -1.27. The normalized spacial score (nSPS) is 26.3. The number of aliphatic carboxylic acids is 1. The number of aliphatic hydroxyl groups is 2. The molecule has 1 amide bonds. The van der Waals surface area contributed by atoms with Gasteiger partial charge in [0.05, 0.1) is 18.0 Å². The fourth-order valence-corrected chi connectivity index (χ4v) is 6.72. The molecule has 21 heteroatoms. The van der Waals surface area contributed by atoms with Gasteiger partial charge in [-0.1, -0.05) is 0 Å². The summed E-state index contributed by atoms with van der Waals surface area (Å²) >= 11 is 1.34. The van der Waals surface area contributed by atoms with E-state index in [-0.39, 0.29) is 47.2 Å². The largest absolute Gasteiger partial charge is 0.480 e. The molecule has 10 N–H and O–H groups in total. The SMILES string of the molecule is CC1(C)Nc2nc(N)[nH]c(=O)c2N=C1C(=O)NN1CCN(CSC[C@H]2O[C@@H](n3cnc4c(N)ncnc43)[C@@H](O)C2O)C(C(=O)O)C1. The number of hydrazine groups is 1. The number of carbonyl (C=O) groups excluding carboxylic acids is 1. The van der Waals surface area contributed by atoms with Gasteiger partial charge in [-0.15, -0.1) is 11.8 Å². The van der Waals surface area contributed by atoms with Crippen molar-refractivity contribution in [1.82, 2.24) is 44.8 Å². The number of H-pyrrole nitrogens is 1. The van der Waals surface area contributed by atoms with Crippen LogP contribution in [0.3, 0.4) is 0 Å². The number of aliphatic hydroxyl groups excluding tert-OH is 2. The molecule has 0 saturated carbocycles. The lowest BCUT2D eigenvalue weighted by atomic mass is 9.95. The first-order valence-electron chi connectivity index (χ1n) is 14.2. The van der Waals surface area contributed by atoms with Crippen molar-refractivity contribution in [3.63, 3.8) is 0 Å². The smallest absolute Gasteiger partial charge is 0.322 e. The second-order valence-electron chi connectivity index (χ2n) is 11.5. The van der Waals surface area contributed by atoms with E-state index in [1.807, 2.05) is 0 Å². The van der Waals surface area contributed by atoms with Gasteiger partial charge in [0.1, 0.15) is 35.8 Å². The number of carboxylic acids is 1. The Kier molecular flexibility index (Phi) is 8.29. The molecule has 6 heterocycles. The molecule has 46 heavy (non-hydrogen) atoms. The van der Waals surface area contributed by atoms with Crippen molar-refractivity contribution >= 4 is 63.8 Å². The number of fused-ring (bicyclic) bond motifs is 2. The molecule has 0 aromatic carbocycles. The fraction of sp³-hybridized carbons (Fsp3) is 0.520. The first-order chi connectivity index (χ1) is 21.8. The maximum atomic E-state index is 13.3. The molecular weight excluding hydrogens is 626 g/mol. The minimum Gasteiger partial charge on any atom is -0.480 e. The molecule has 0 bridgehead atoms. The molecule has 3 aromatic rings. The number of imidazole rings is 1. The maximum Gasteiger partial charge on any atom is 0.322 e. The van der Waals surface area contributed by atoms with Crippen molar-refractivity contribution in [3.05, 3.63) is 23.0 Å². The Hall–Kier alpha value is -4.41. The van der Waals surface area contributed by atoms with E-state index in [0.29, 0.717) is 24.3 Å². The third-order valence-electron chi connectivity index (χ3n) is 7.95. The summed E-state index contributed by atoms with van der Waals surface area (Å²) in [7, 11) is 0. The zero-order valence-corrected chi connectivity index (χ0v) is 25.5. The highest BCUT2D eigenvalue weighted by atomic mass is 32.2. The summed E-state index contributed by atoms with van der Waals surface area (Å²) in [6, 6.07) is -0.966. The van der Waals surface area contributed by atoms with Gasteiger partial charge >= 0.3 is 5.97 Å². The quantitative estimate of drug-likeness (QED) is 0.124. The molecule has 5 atom stereocenters. The predicted molar refractivity (Wildman–Crippen MR) is 165 cm³/mol. The summed E-state index contributed by atoms with van der Waals surface area (Å²) < 4.78 is 7.46. The van der Waals surface area contributed by atoms with E-state index in [1.165, 1.54) is 34.0 Å². The van der Waals surface area contributed by atoms with Crippen LogP contribution in [0, 0.1) is 0 Å². The van der Waals surface area contributed by atoms with Gasteiger partial charge in [-0.2, -0.15) is 4.98 Å². The molecule has 3 aliphatic rings. The number of carbonyl (C=O) groups is 2. The standard InChI is InChI=1S/C25H33N13O7S/c1-25(2)16(31-13-18(34-25)32-24(27)33-20(13)41)21(42)35-37-4-3-36(10(5-37)23(43)44)9-46-6-11-14(39)15(40)22(45-11)38-8-30-12-17(26)28-7-29-19(12)38/h7-8,10-11,14-15,22,39-40H,3-6,9H2,1-2H3,(H,35,42)(H,43,44)(H2,26,28,29)(H4,27,32,33,34,41)/t10?,11-,14?,15+,22-/m1/s1. The predicted octanol–water partition coefficient (Wildman–Crippen LogP) is -2.54. The summed E-state index contributed by atoms with van der Waals surface area (Å²) in [6.45, 7) is 3.95. The van der Waals surface area contributed by atoms with Crippen LogP contribution in [0.1, 0.15) is 20.1 Å². The van der Waals surface area contributed by atoms with Crippen LogP contribution in [-0.2, 0) is 14.3 Å². The van der Waals surface area contributed by atoms with Gasteiger partial charge in [-0.25, -0.2) is 25.0 Å². The van der Waals surface area contributed by atoms with Gasteiger partial charge in [-0.05, 0) is 13.8 Å². The van der Waals surface area contributed by atoms with E-state index in [9.17, 15) is 29.7 Å². The zero-order chi connectivity index (χ0) is 32.9. The molecule has 0 radical (unpaired) electrons. The third kappa shape index (κ3) is 5.83. The van der Waals surface area contributed by atoms with Crippen molar-refractivity contribution in [1.29, 1.82) is 0 Å². The summed E-state index contributed by atoms with van der Waals surface area (Å²) in [5, 5.41) is 35.9. The number of thioether (sulfide) groups is 1. The number of piperazine rings is 1. The number of nitrogens with two attached hydrogens (primary N) is 2. The number of aromatic nitrogens is 6. The highest BCUT2D eigenvalue weighted by Gasteiger charge is 2.45. The van der Waals surface area contributed by atoms with Crippen LogP contribution in [0.15, 0.2) is 22.4 Å². The van der Waals surface area contributed by atoms with Crippen molar-refractivity contribution in [2.24, 2.45) is 4.99 Å². The van der Waals surface area contributed by atoms with Gasteiger partial charge in [0.15, 0.2) is 29.2 Å². The number of carboxylic acid groups (broad SMARTS) is 1. The average Bonchev–Trinajstić information content (AvgIpc) is 3.54. The Labute approximate surface area is 264 Å². The number of nitrogens with one attached hydrogen (secondary N) is 3. The fourth-order valence-electron chi connectivity index (χ4n) is 5.56. The van der Waals surface area contributed by atoms with Gasteiger partial charge < -0.3 is 36.8 Å². The number of hydrogen-bond acceptors (Lipinski definition) is 17. The van der Waals surface area contributed by atoms with Gasteiger partial charge in [-0.3, -0.25) is 34.3 Å². The monoisotopic (exact) mass is 659 g/mol. The molecule has 3 aromatic heterocycles. The van der Waals surface area contributed by atoms with Crippen LogP contribution < -0.4 is 27.8 Å². The number of rotatable bonds is 8. The Morgan fingerprint density at radius 3 is 2.74 bits per heavy atom. The van der Waals surface area contributed by atoms with E-state index in [0.717, 1.165) is 0 Å². The van der Waals surface area contributed by atoms with Crippen LogP contribution in [-0.4, -0.2) is 133 Å². The molecule has 20 nitrogen and oxygen atoms in total. The van der Waals surface area contributed by atoms with Gasteiger partial charge in [0, 0.05) is 31.3 Å². The average molecular weight is 660 g/mol. The lowest BCUT2D eigenvalue weighted by Gasteiger charge is -2.40. The van der Waals surface area contributed by atoms with Crippen molar-refractivity contribution < 1.29 is 29.6 Å². The molecule has 2 saturated heterocycles. The number of nitrogens with zero attached hydrogens (tertiary/aromatic N) is 8. The summed E-state index contributed by atoms with van der Waals surface area (Å²) in [6.07, 6.45) is -1.53. The van der Waals surface area contributed by atoms with E-state index in [4.69, 9.17) is 16.2 Å². The highest BCUT2D eigenvalue weighted by Crippen LogP contribution is 2.34. The summed E-state index contributed by atoms with van der Waals surface area (Å²) in [5.41, 5.74) is 13.2. The summed E-state index contributed by atoms with van der Waals surface area (Å²) in [4.78, 5) is 62.5. The Bertz CT molecular complexity index is 1760.